The van der Waals surface area contributed by atoms with E-state index in [-0.39, 0.29) is 17.9 Å². The van der Waals surface area contributed by atoms with Gasteiger partial charge in [-0.2, -0.15) is 0 Å². The molecule has 0 unspecified atom stereocenters. The van der Waals surface area contributed by atoms with E-state index in [1.807, 2.05) is 0 Å². The Morgan fingerprint density at radius 3 is 2.57 bits per heavy atom. The molecule has 4 nitrogen and oxygen atoms in total. The summed E-state index contributed by atoms with van der Waals surface area (Å²) < 4.78 is 0. The van der Waals surface area contributed by atoms with Crippen LogP contribution in [0, 0.1) is 0 Å². The predicted molar refractivity (Wildman–Crippen MR) is 90.9 cm³/mol. The highest BCUT2D eigenvalue weighted by Crippen LogP contribution is 2.27. The van der Waals surface area contributed by atoms with Gasteiger partial charge in [0, 0.05) is 17.6 Å². The first-order valence-electron chi connectivity index (χ1n) is 8.12. The Kier molecular flexibility index (Phi) is 5.12. The van der Waals surface area contributed by atoms with Crippen LogP contribution in [0.4, 0.5) is 0 Å². The topological polar surface area (TPSA) is 49.4 Å². The van der Waals surface area contributed by atoms with Crippen molar-refractivity contribution in [3.05, 3.63) is 33.8 Å². The fourth-order valence-electron chi connectivity index (χ4n) is 3.47. The van der Waals surface area contributed by atoms with Gasteiger partial charge in [-0.25, -0.2) is 0 Å². The third kappa shape index (κ3) is 3.64. The third-order valence-corrected chi connectivity index (χ3v) is 5.24. The predicted octanol–water partition coefficient (Wildman–Crippen LogP) is 3.66. The van der Waals surface area contributed by atoms with Gasteiger partial charge < -0.3 is 10.2 Å². The fraction of sp³-hybridized carbons (Fsp3) is 0.529. The number of nitrogens with zero attached hydrogens (tertiary/aromatic N) is 1. The normalized spacial score (nSPS) is 21.7. The van der Waals surface area contributed by atoms with Crippen LogP contribution < -0.4 is 5.32 Å². The van der Waals surface area contributed by atoms with Crippen LogP contribution in [0.3, 0.4) is 0 Å². The number of hydrogen-bond acceptors (Lipinski definition) is 2. The molecule has 2 amide bonds. The van der Waals surface area contributed by atoms with E-state index >= 15 is 0 Å². The SMILES string of the molecule is O=C(NC1CCCC1)[C@@H]1CCCN1C(=O)c1cc(Cl)ccc1Cl. The molecule has 1 saturated carbocycles. The van der Waals surface area contributed by atoms with E-state index in [0.717, 1.165) is 32.1 Å². The van der Waals surface area contributed by atoms with Crippen molar-refractivity contribution in [2.75, 3.05) is 6.54 Å². The molecule has 2 aliphatic rings. The molecule has 1 saturated heterocycles. The van der Waals surface area contributed by atoms with Crippen molar-refractivity contribution >= 4 is 35.0 Å². The van der Waals surface area contributed by atoms with Crippen LogP contribution in [0.2, 0.25) is 10.0 Å². The van der Waals surface area contributed by atoms with Gasteiger partial charge in [-0.1, -0.05) is 36.0 Å². The van der Waals surface area contributed by atoms with E-state index in [0.29, 0.717) is 28.6 Å². The van der Waals surface area contributed by atoms with Crippen molar-refractivity contribution in [3.8, 4) is 0 Å². The van der Waals surface area contributed by atoms with Crippen LogP contribution in [-0.4, -0.2) is 35.3 Å². The number of likely N-dealkylation sites (tertiary alicyclic amines) is 1. The molecule has 23 heavy (non-hydrogen) atoms. The summed E-state index contributed by atoms with van der Waals surface area (Å²) in [6.07, 6.45) is 5.92. The zero-order valence-electron chi connectivity index (χ0n) is 12.9. The Balaban J connectivity index is 1.73. The maximum atomic E-state index is 12.8. The lowest BCUT2D eigenvalue weighted by molar-refractivity contribution is -0.125. The van der Waals surface area contributed by atoms with Crippen LogP contribution in [0.25, 0.3) is 0 Å². The molecular weight excluding hydrogens is 335 g/mol. The molecule has 1 aromatic carbocycles. The zero-order valence-corrected chi connectivity index (χ0v) is 14.4. The fourth-order valence-corrected chi connectivity index (χ4v) is 3.84. The van der Waals surface area contributed by atoms with Gasteiger partial charge in [-0.3, -0.25) is 9.59 Å². The second-order valence-electron chi connectivity index (χ2n) is 6.27. The number of halogens is 2. The van der Waals surface area contributed by atoms with Crippen LogP contribution in [0.1, 0.15) is 48.9 Å². The standard InChI is InChI=1S/C17H20Cl2N2O2/c18-11-7-8-14(19)13(10-11)17(23)21-9-3-6-15(21)16(22)20-12-4-1-2-5-12/h7-8,10,12,15H,1-6,9H2,(H,20,22)/t15-/m0/s1. The number of benzene rings is 1. The molecule has 1 atom stereocenters. The minimum atomic E-state index is -0.404. The third-order valence-electron chi connectivity index (χ3n) is 4.68. The molecule has 1 heterocycles. The molecule has 1 N–H and O–H groups in total. The first-order valence-corrected chi connectivity index (χ1v) is 8.88. The summed E-state index contributed by atoms with van der Waals surface area (Å²) in [5.74, 6) is -0.262. The molecule has 2 fully saturated rings. The van der Waals surface area contributed by atoms with Crippen molar-refractivity contribution in [2.24, 2.45) is 0 Å². The van der Waals surface area contributed by atoms with Gasteiger partial charge >= 0.3 is 0 Å². The summed E-state index contributed by atoms with van der Waals surface area (Å²) >= 11 is 12.1. The van der Waals surface area contributed by atoms with Crippen molar-refractivity contribution in [3.63, 3.8) is 0 Å². The summed E-state index contributed by atoms with van der Waals surface area (Å²) in [5, 5.41) is 3.92. The lowest BCUT2D eigenvalue weighted by atomic mass is 10.1. The Bertz CT molecular complexity index is 615. The van der Waals surface area contributed by atoms with E-state index in [2.05, 4.69) is 5.32 Å². The lowest BCUT2D eigenvalue weighted by Crippen LogP contribution is -2.48. The van der Waals surface area contributed by atoms with Crippen LogP contribution in [0.5, 0.6) is 0 Å². The van der Waals surface area contributed by atoms with Gasteiger partial charge in [-0.05, 0) is 43.9 Å². The second kappa shape index (κ2) is 7.10. The molecular formula is C17H20Cl2N2O2. The van der Waals surface area contributed by atoms with Gasteiger partial charge in [-0.15, -0.1) is 0 Å². The van der Waals surface area contributed by atoms with E-state index < -0.39 is 6.04 Å². The average Bonchev–Trinajstić information content (AvgIpc) is 3.20. The summed E-state index contributed by atoms with van der Waals surface area (Å²) in [5.41, 5.74) is 0.361. The lowest BCUT2D eigenvalue weighted by Gasteiger charge is -2.26. The smallest absolute Gasteiger partial charge is 0.256 e. The van der Waals surface area contributed by atoms with Crippen molar-refractivity contribution in [1.82, 2.24) is 10.2 Å². The molecule has 1 aliphatic heterocycles. The maximum Gasteiger partial charge on any atom is 0.256 e. The highest BCUT2D eigenvalue weighted by atomic mass is 35.5. The number of nitrogens with one attached hydrogen (secondary N) is 1. The highest BCUT2D eigenvalue weighted by molar-refractivity contribution is 6.35. The largest absolute Gasteiger partial charge is 0.352 e. The minimum Gasteiger partial charge on any atom is -0.352 e. The molecule has 0 bridgehead atoms. The van der Waals surface area contributed by atoms with E-state index in [1.165, 1.54) is 0 Å². The van der Waals surface area contributed by atoms with E-state index in [1.54, 1.807) is 23.1 Å². The van der Waals surface area contributed by atoms with Crippen molar-refractivity contribution < 1.29 is 9.59 Å². The summed E-state index contributed by atoms with van der Waals surface area (Å²) in [6, 6.07) is 4.68. The molecule has 0 radical (unpaired) electrons. The molecule has 0 spiro atoms. The molecule has 124 valence electrons. The number of rotatable bonds is 3. The zero-order chi connectivity index (χ0) is 16.4. The van der Waals surface area contributed by atoms with Gasteiger partial charge in [0.25, 0.3) is 5.91 Å². The first-order chi connectivity index (χ1) is 11.1. The van der Waals surface area contributed by atoms with E-state index in [9.17, 15) is 9.59 Å². The molecule has 1 aromatic rings. The number of amides is 2. The van der Waals surface area contributed by atoms with Gasteiger partial charge in [0.15, 0.2) is 0 Å². The number of hydrogen-bond donors (Lipinski definition) is 1. The summed E-state index contributed by atoms with van der Waals surface area (Å²) in [4.78, 5) is 26.9. The van der Waals surface area contributed by atoms with Gasteiger partial charge in [0.1, 0.15) is 6.04 Å². The number of carbonyl (C=O) groups excluding carboxylic acids is 2. The summed E-state index contributed by atoms with van der Waals surface area (Å²) in [7, 11) is 0. The Morgan fingerprint density at radius 1 is 1.09 bits per heavy atom. The Hall–Kier alpha value is -1.26. The maximum absolute atomic E-state index is 12.8. The van der Waals surface area contributed by atoms with Crippen LogP contribution >= 0.6 is 23.2 Å². The minimum absolute atomic E-state index is 0.0408. The Morgan fingerprint density at radius 2 is 1.83 bits per heavy atom. The van der Waals surface area contributed by atoms with Crippen LogP contribution in [0.15, 0.2) is 18.2 Å². The Labute approximate surface area is 146 Å². The first kappa shape index (κ1) is 16.6. The van der Waals surface area contributed by atoms with Gasteiger partial charge in [0.05, 0.1) is 10.6 Å². The monoisotopic (exact) mass is 354 g/mol. The molecule has 3 rings (SSSR count). The molecule has 0 aromatic heterocycles. The number of carbonyl (C=O) groups is 2. The van der Waals surface area contributed by atoms with E-state index in [4.69, 9.17) is 23.2 Å². The summed E-state index contributed by atoms with van der Waals surface area (Å²) in [6.45, 7) is 0.574. The van der Waals surface area contributed by atoms with Gasteiger partial charge in [0.2, 0.25) is 5.91 Å². The second-order valence-corrected chi connectivity index (χ2v) is 7.11. The highest BCUT2D eigenvalue weighted by Gasteiger charge is 2.36. The van der Waals surface area contributed by atoms with Crippen LogP contribution in [-0.2, 0) is 4.79 Å². The quantitative estimate of drug-likeness (QED) is 0.900. The van der Waals surface area contributed by atoms with Crippen molar-refractivity contribution in [2.45, 2.75) is 50.6 Å². The molecule has 6 heteroatoms. The van der Waals surface area contributed by atoms with Crippen molar-refractivity contribution in [1.29, 1.82) is 0 Å². The molecule has 1 aliphatic carbocycles. The average molecular weight is 355 g/mol.